The molecule has 0 N–H and O–H groups in total. The number of hydrogen-bond acceptors (Lipinski definition) is 2. The molecule has 0 spiro atoms. The maximum atomic E-state index is 6.05. The Morgan fingerprint density at radius 2 is 2.05 bits per heavy atom. The minimum absolute atomic E-state index is 0. The summed E-state index contributed by atoms with van der Waals surface area (Å²) >= 11 is 6.05. The standard InChI is InChI=1S/C17H15ClN2.HI/c1-12-4-3-5-15(20(12)2)8-6-13-11-19-17-9-7-14(18)10-16(13)17;/h3-11H,1-2H3;1H. The van der Waals surface area contributed by atoms with Crippen LogP contribution in [0.15, 0.2) is 65.0 Å². The van der Waals surface area contributed by atoms with Crippen molar-refractivity contribution >= 4 is 53.1 Å². The van der Waals surface area contributed by atoms with E-state index in [0.717, 1.165) is 27.5 Å². The van der Waals surface area contributed by atoms with Gasteiger partial charge in [0.2, 0.25) is 0 Å². The second kappa shape index (κ2) is 6.62. The third-order valence-electron chi connectivity index (χ3n) is 3.57. The molecule has 4 heteroatoms. The molecule has 2 heterocycles. The fraction of sp³-hybridized carbons (Fsp3) is 0.118. The molecule has 0 aromatic heterocycles. The quantitative estimate of drug-likeness (QED) is 0.570. The average molecular weight is 411 g/mol. The molecule has 2 aliphatic heterocycles. The highest BCUT2D eigenvalue weighted by Gasteiger charge is 2.12. The van der Waals surface area contributed by atoms with Gasteiger partial charge in [0.05, 0.1) is 5.69 Å². The molecule has 0 bridgehead atoms. The van der Waals surface area contributed by atoms with E-state index >= 15 is 0 Å². The van der Waals surface area contributed by atoms with E-state index in [0.29, 0.717) is 0 Å². The molecular weight excluding hydrogens is 395 g/mol. The van der Waals surface area contributed by atoms with E-state index in [1.54, 1.807) is 0 Å². The monoisotopic (exact) mass is 410 g/mol. The zero-order chi connectivity index (χ0) is 14.1. The Labute approximate surface area is 147 Å². The van der Waals surface area contributed by atoms with Gasteiger partial charge in [0, 0.05) is 40.8 Å². The number of allylic oxidation sites excluding steroid dienone is 7. The summed E-state index contributed by atoms with van der Waals surface area (Å²) in [5.41, 5.74) is 5.53. The molecule has 21 heavy (non-hydrogen) atoms. The second-order valence-electron chi connectivity index (χ2n) is 4.86. The van der Waals surface area contributed by atoms with Crippen LogP contribution in [0.2, 0.25) is 5.02 Å². The summed E-state index contributed by atoms with van der Waals surface area (Å²) in [6.07, 6.45) is 12.3. The Morgan fingerprint density at radius 1 is 1.24 bits per heavy atom. The minimum atomic E-state index is 0. The lowest BCUT2D eigenvalue weighted by Crippen LogP contribution is -2.15. The first-order valence-electron chi connectivity index (χ1n) is 6.50. The van der Waals surface area contributed by atoms with Crippen molar-refractivity contribution in [1.82, 2.24) is 4.90 Å². The molecule has 0 radical (unpaired) electrons. The molecule has 0 fully saturated rings. The van der Waals surface area contributed by atoms with Crippen LogP contribution in [0.1, 0.15) is 12.5 Å². The van der Waals surface area contributed by atoms with Gasteiger partial charge in [0.25, 0.3) is 0 Å². The number of fused-ring (bicyclic) bond motifs is 1. The molecule has 0 unspecified atom stereocenters. The fourth-order valence-corrected chi connectivity index (χ4v) is 2.42. The molecule has 1 aromatic rings. The highest BCUT2D eigenvalue weighted by Crippen LogP contribution is 2.33. The van der Waals surface area contributed by atoms with Gasteiger partial charge in [-0.05, 0) is 43.4 Å². The van der Waals surface area contributed by atoms with E-state index in [9.17, 15) is 0 Å². The SMILES string of the molecule is CC1=CC=CC(=CC=C2C=Nc3ccc(Cl)cc32)N1C.I. The Hall–Kier alpha value is -1.33. The summed E-state index contributed by atoms with van der Waals surface area (Å²) in [6, 6.07) is 5.77. The van der Waals surface area contributed by atoms with Crippen molar-refractivity contribution in [1.29, 1.82) is 0 Å². The van der Waals surface area contributed by atoms with Crippen LogP contribution in [0.5, 0.6) is 0 Å². The van der Waals surface area contributed by atoms with Gasteiger partial charge in [-0.2, -0.15) is 0 Å². The van der Waals surface area contributed by atoms with E-state index in [1.165, 1.54) is 5.70 Å². The predicted octanol–water partition coefficient (Wildman–Crippen LogP) is 5.35. The van der Waals surface area contributed by atoms with Gasteiger partial charge in [-0.15, -0.1) is 24.0 Å². The Balaban J connectivity index is 0.00000161. The Kier molecular flexibility index (Phi) is 5.06. The van der Waals surface area contributed by atoms with Crippen LogP contribution in [0.3, 0.4) is 0 Å². The van der Waals surface area contributed by atoms with Crippen molar-refractivity contribution in [3.63, 3.8) is 0 Å². The molecule has 0 saturated heterocycles. The molecule has 108 valence electrons. The van der Waals surface area contributed by atoms with Crippen molar-refractivity contribution in [2.24, 2.45) is 4.99 Å². The second-order valence-corrected chi connectivity index (χ2v) is 5.30. The van der Waals surface area contributed by atoms with Crippen LogP contribution < -0.4 is 0 Å². The number of nitrogens with zero attached hydrogens (tertiary/aromatic N) is 2. The maximum Gasteiger partial charge on any atom is 0.0709 e. The number of benzene rings is 1. The van der Waals surface area contributed by atoms with E-state index < -0.39 is 0 Å². The molecule has 2 aliphatic rings. The molecule has 1 aromatic carbocycles. The van der Waals surface area contributed by atoms with Gasteiger partial charge in [-0.3, -0.25) is 4.99 Å². The normalized spacial score (nSPS) is 19.8. The van der Waals surface area contributed by atoms with Crippen LogP contribution >= 0.6 is 35.6 Å². The summed E-state index contributed by atoms with van der Waals surface area (Å²) in [4.78, 5) is 6.55. The van der Waals surface area contributed by atoms with E-state index in [1.807, 2.05) is 24.4 Å². The van der Waals surface area contributed by atoms with Gasteiger partial charge in [0.1, 0.15) is 0 Å². The van der Waals surface area contributed by atoms with Gasteiger partial charge in [-0.1, -0.05) is 23.8 Å². The van der Waals surface area contributed by atoms with Crippen molar-refractivity contribution in [2.45, 2.75) is 6.92 Å². The first-order chi connectivity index (χ1) is 9.65. The average Bonchev–Trinajstić information content (AvgIpc) is 2.83. The first-order valence-corrected chi connectivity index (χ1v) is 6.87. The molecular formula is C17H16ClIN2. The van der Waals surface area contributed by atoms with E-state index in [2.05, 4.69) is 54.2 Å². The highest BCUT2D eigenvalue weighted by molar-refractivity contribution is 14.0. The largest absolute Gasteiger partial charge is 0.348 e. The summed E-state index contributed by atoms with van der Waals surface area (Å²) in [6.45, 7) is 2.09. The lowest BCUT2D eigenvalue weighted by Gasteiger charge is -2.23. The molecule has 0 atom stereocenters. The number of halogens is 2. The molecule has 0 amide bonds. The fourth-order valence-electron chi connectivity index (χ4n) is 2.25. The lowest BCUT2D eigenvalue weighted by molar-refractivity contribution is 0.533. The summed E-state index contributed by atoms with van der Waals surface area (Å²) < 4.78 is 0. The number of hydrogen-bond donors (Lipinski definition) is 0. The summed E-state index contributed by atoms with van der Waals surface area (Å²) in [5.74, 6) is 0. The lowest BCUT2D eigenvalue weighted by atomic mass is 10.1. The predicted molar refractivity (Wildman–Crippen MR) is 102 cm³/mol. The van der Waals surface area contributed by atoms with Crippen molar-refractivity contribution in [2.75, 3.05) is 7.05 Å². The maximum absolute atomic E-state index is 6.05. The van der Waals surface area contributed by atoms with Gasteiger partial charge >= 0.3 is 0 Å². The van der Waals surface area contributed by atoms with E-state index in [-0.39, 0.29) is 24.0 Å². The van der Waals surface area contributed by atoms with Crippen LogP contribution in [0.4, 0.5) is 5.69 Å². The molecule has 2 nitrogen and oxygen atoms in total. The first kappa shape index (κ1) is 16.0. The van der Waals surface area contributed by atoms with Crippen LogP contribution in [0, 0.1) is 0 Å². The third kappa shape index (κ3) is 3.30. The topological polar surface area (TPSA) is 15.6 Å². The zero-order valence-electron chi connectivity index (χ0n) is 11.9. The van der Waals surface area contributed by atoms with Crippen LogP contribution in [-0.4, -0.2) is 18.2 Å². The Bertz CT molecular complexity index is 712. The van der Waals surface area contributed by atoms with Gasteiger partial charge in [0.15, 0.2) is 0 Å². The smallest absolute Gasteiger partial charge is 0.0709 e. The molecule has 0 saturated carbocycles. The summed E-state index contributed by atoms with van der Waals surface area (Å²) in [7, 11) is 2.06. The van der Waals surface area contributed by atoms with Gasteiger partial charge < -0.3 is 4.90 Å². The van der Waals surface area contributed by atoms with Crippen LogP contribution in [0.25, 0.3) is 5.57 Å². The van der Waals surface area contributed by atoms with Gasteiger partial charge in [-0.25, -0.2) is 0 Å². The number of likely N-dealkylation sites (N-methyl/N-ethyl adjacent to an activating group) is 1. The van der Waals surface area contributed by atoms with Crippen molar-refractivity contribution in [3.8, 4) is 0 Å². The van der Waals surface area contributed by atoms with E-state index in [4.69, 9.17) is 11.6 Å². The van der Waals surface area contributed by atoms with Crippen molar-refractivity contribution in [3.05, 3.63) is 70.6 Å². The minimum Gasteiger partial charge on any atom is -0.348 e. The summed E-state index contributed by atoms with van der Waals surface area (Å²) in [5, 5.41) is 0.737. The van der Waals surface area contributed by atoms with Crippen molar-refractivity contribution < 1.29 is 0 Å². The molecule has 3 rings (SSSR count). The number of rotatable bonds is 1. The Morgan fingerprint density at radius 3 is 2.86 bits per heavy atom. The molecule has 0 aliphatic carbocycles. The zero-order valence-corrected chi connectivity index (χ0v) is 15.0. The third-order valence-corrected chi connectivity index (χ3v) is 3.80. The number of aliphatic imine (C=N–C) groups is 1. The van der Waals surface area contributed by atoms with Crippen LogP contribution in [-0.2, 0) is 0 Å². The highest BCUT2D eigenvalue weighted by atomic mass is 127.